The van der Waals surface area contributed by atoms with Crippen LogP contribution in [-0.2, 0) is 0 Å². The van der Waals surface area contributed by atoms with Gasteiger partial charge in [0.25, 0.3) is 0 Å². The van der Waals surface area contributed by atoms with Crippen LogP contribution < -0.4 is 10.6 Å². The van der Waals surface area contributed by atoms with Gasteiger partial charge in [0.05, 0.1) is 15.7 Å². The Morgan fingerprint density at radius 1 is 1.33 bits per heavy atom. The van der Waals surface area contributed by atoms with Gasteiger partial charge < -0.3 is 15.5 Å². The molecule has 100 valence electrons. The second kappa shape index (κ2) is 6.78. The molecule has 1 aromatic carbocycles. The zero-order chi connectivity index (χ0) is 13.7. The van der Waals surface area contributed by atoms with Crippen LogP contribution in [0.5, 0.6) is 0 Å². The van der Waals surface area contributed by atoms with Crippen LogP contribution in [-0.4, -0.2) is 38.1 Å². The number of nitrogens with one attached hydrogen (secondary N) is 2. The Morgan fingerprint density at radius 2 is 1.94 bits per heavy atom. The number of benzene rings is 1. The lowest BCUT2D eigenvalue weighted by Crippen LogP contribution is -2.34. The number of amides is 2. The standard InChI is InChI=1S/C11H14Cl2FN3O/c1-17(2)4-3-15-11(18)16-10-6-8(13)7(12)5-9(10)14/h5-6H,3-4H2,1-2H3,(H2,15,16,18). The van der Waals surface area contributed by atoms with Crippen molar-refractivity contribution in [1.82, 2.24) is 10.2 Å². The molecule has 0 atom stereocenters. The fourth-order valence-electron chi connectivity index (χ4n) is 1.18. The first-order chi connectivity index (χ1) is 8.40. The van der Waals surface area contributed by atoms with Crippen LogP contribution in [0.25, 0.3) is 0 Å². The highest BCUT2D eigenvalue weighted by atomic mass is 35.5. The number of hydrogen-bond donors (Lipinski definition) is 2. The van der Waals surface area contributed by atoms with Crippen LogP contribution in [0.15, 0.2) is 12.1 Å². The Labute approximate surface area is 115 Å². The predicted octanol–water partition coefficient (Wildman–Crippen LogP) is 2.82. The van der Waals surface area contributed by atoms with E-state index in [1.807, 2.05) is 19.0 Å². The van der Waals surface area contributed by atoms with E-state index in [1.165, 1.54) is 6.07 Å². The average Bonchev–Trinajstić information content (AvgIpc) is 2.25. The van der Waals surface area contributed by atoms with Crippen molar-refractivity contribution in [1.29, 1.82) is 0 Å². The summed E-state index contributed by atoms with van der Waals surface area (Å²) in [6.07, 6.45) is 0. The van der Waals surface area contributed by atoms with Gasteiger partial charge in [0.1, 0.15) is 5.82 Å². The number of carbonyl (C=O) groups is 1. The van der Waals surface area contributed by atoms with Gasteiger partial charge in [0, 0.05) is 13.1 Å². The molecule has 1 aromatic rings. The number of anilines is 1. The van der Waals surface area contributed by atoms with E-state index in [0.29, 0.717) is 13.1 Å². The van der Waals surface area contributed by atoms with Gasteiger partial charge in [-0.15, -0.1) is 0 Å². The van der Waals surface area contributed by atoms with Gasteiger partial charge in [-0.05, 0) is 26.2 Å². The summed E-state index contributed by atoms with van der Waals surface area (Å²) in [6.45, 7) is 1.15. The van der Waals surface area contributed by atoms with E-state index in [-0.39, 0.29) is 15.7 Å². The Balaban J connectivity index is 2.57. The molecule has 0 radical (unpaired) electrons. The van der Waals surface area contributed by atoms with Crippen molar-refractivity contribution in [2.24, 2.45) is 0 Å². The van der Waals surface area contributed by atoms with Gasteiger partial charge in [0.15, 0.2) is 0 Å². The second-order valence-electron chi connectivity index (χ2n) is 3.93. The first-order valence-electron chi connectivity index (χ1n) is 5.24. The van der Waals surface area contributed by atoms with Crippen LogP contribution in [0.3, 0.4) is 0 Å². The van der Waals surface area contributed by atoms with Gasteiger partial charge in [-0.3, -0.25) is 0 Å². The van der Waals surface area contributed by atoms with E-state index in [2.05, 4.69) is 10.6 Å². The molecule has 0 aliphatic heterocycles. The molecular weight excluding hydrogens is 280 g/mol. The first-order valence-corrected chi connectivity index (χ1v) is 6.00. The van der Waals surface area contributed by atoms with E-state index >= 15 is 0 Å². The zero-order valence-corrected chi connectivity index (χ0v) is 11.6. The van der Waals surface area contributed by atoms with Crippen LogP contribution in [0.2, 0.25) is 10.0 Å². The van der Waals surface area contributed by atoms with Crippen molar-refractivity contribution in [3.63, 3.8) is 0 Å². The summed E-state index contributed by atoms with van der Waals surface area (Å²) in [6, 6.07) is 1.83. The van der Waals surface area contributed by atoms with E-state index < -0.39 is 11.8 Å². The van der Waals surface area contributed by atoms with Gasteiger partial charge in [-0.1, -0.05) is 23.2 Å². The van der Waals surface area contributed by atoms with Gasteiger partial charge in [-0.25, -0.2) is 9.18 Å². The van der Waals surface area contributed by atoms with E-state index in [4.69, 9.17) is 23.2 Å². The maximum Gasteiger partial charge on any atom is 0.319 e. The predicted molar refractivity (Wildman–Crippen MR) is 72.0 cm³/mol. The molecular formula is C11H14Cl2FN3O. The van der Waals surface area contributed by atoms with Crippen LogP contribution in [0, 0.1) is 5.82 Å². The Morgan fingerprint density at radius 3 is 2.56 bits per heavy atom. The third kappa shape index (κ3) is 4.68. The fourth-order valence-corrected chi connectivity index (χ4v) is 1.49. The minimum Gasteiger partial charge on any atom is -0.337 e. The molecule has 0 saturated carbocycles. The minimum atomic E-state index is -0.632. The molecule has 0 aromatic heterocycles. The molecule has 0 aliphatic carbocycles. The number of nitrogens with zero attached hydrogens (tertiary/aromatic N) is 1. The number of urea groups is 1. The SMILES string of the molecule is CN(C)CCNC(=O)Nc1cc(Cl)c(Cl)cc1F. The summed E-state index contributed by atoms with van der Waals surface area (Å²) in [5, 5.41) is 5.24. The van der Waals surface area contributed by atoms with Crippen molar-refractivity contribution >= 4 is 34.9 Å². The normalized spacial score (nSPS) is 10.6. The van der Waals surface area contributed by atoms with Gasteiger partial charge in [-0.2, -0.15) is 0 Å². The lowest BCUT2D eigenvalue weighted by atomic mass is 10.3. The Kier molecular flexibility index (Phi) is 5.65. The molecule has 0 saturated heterocycles. The highest BCUT2D eigenvalue weighted by Crippen LogP contribution is 2.27. The smallest absolute Gasteiger partial charge is 0.319 e. The van der Waals surface area contributed by atoms with Gasteiger partial charge >= 0.3 is 6.03 Å². The second-order valence-corrected chi connectivity index (χ2v) is 4.74. The molecule has 0 aliphatic rings. The van der Waals surface area contributed by atoms with E-state index in [0.717, 1.165) is 6.07 Å². The summed E-state index contributed by atoms with van der Waals surface area (Å²) < 4.78 is 13.4. The number of halogens is 3. The summed E-state index contributed by atoms with van der Waals surface area (Å²) >= 11 is 11.4. The fraction of sp³-hybridized carbons (Fsp3) is 0.364. The third-order valence-corrected chi connectivity index (χ3v) is 2.82. The summed E-state index contributed by atoms with van der Waals surface area (Å²) in [5.74, 6) is -0.632. The monoisotopic (exact) mass is 293 g/mol. The molecule has 0 spiro atoms. The average molecular weight is 294 g/mol. The molecule has 4 nitrogen and oxygen atoms in total. The molecule has 0 fully saturated rings. The van der Waals surface area contributed by atoms with Crippen molar-refractivity contribution in [2.75, 3.05) is 32.5 Å². The third-order valence-electron chi connectivity index (χ3n) is 2.10. The van der Waals surface area contributed by atoms with E-state index in [9.17, 15) is 9.18 Å². The number of carbonyl (C=O) groups excluding carboxylic acids is 1. The highest BCUT2D eigenvalue weighted by molar-refractivity contribution is 6.42. The van der Waals surface area contributed by atoms with Gasteiger partial charge in [0.2, 0.25) is 0 Å². The summed E-state index contributed by atoms with van der Waals surface area (Å²) in [4.78, 5) is 13.4. The number of hydrogen-bond acceptors (Lipinski definition) is 2. The van der Waals surface area contributed by atoms with Crippen LogP contribution in [0.4, 0.5) is 14.9 Å². The topological polar surface area (TPSA) is 44.4 Å². The molecule has 2 amide bonds. The maximum atomic E-state index is 13.4. The molecule has 0 unspecified atom stereocenters. The van der Waals surface area contributed by atoms with Crippen molar-refractivity contribution in [3.05, 3.63) is 28.0 Å². The molecule has 0 heterocycles. The largest absolute Gasteiger partial charge is 0.337 e. The lowest BCUT2D eigenvalue weighted by molar-refractivity contribution is 0.250. The molecule has 2 N–H and O–H groups in total. The highest BCUT2D eigenvalue weighted by Gasteiger charge is 2.10. The molecule has 1 rings (SSSR count). The molecule has 18 heavy (non-hydrogen) atoms. The Bertz CT molecular complexity index is 441. The lowest BCUT2D eigenvalue weighted by Gasteiger charge is -2.12. The summed E-state index contributed by atoms with van der Waals surface area (Å²) in [5.41, 5.74) is -0.00764. The van der Waals surface area contributed by atoms with Crippen LogP contribution in [0.1, 0.15) is 0 Å². The first kappa shape index (κ1) is 15.0. The van der Waals surface area contributed by atoms with Crippen molar-refractivity contribution in [3.8, 4) is 0 Å². The Hall–Kier alpha value is -1.04. The summed E-state index contributed by atoms with van der Waals surface area (Å²) in [7, 11) is 3.77. The zero-order valence-electron chi connectivity index (χ0n) is 10.1. The molecule has 7 heteroatoms. The van der Waals surface area contributed by atoms with Crippen molar-refractivity contribution in [2.45, 2.75) is 0 Å². The van der Waals surface area contributed by atoms with Crippen molar-refractivity contribution < 1.29 is 9.18 Å². The minimum absolute atomic E-state index is 0.00764. The van der Waals surface area contributed by atoms with E-state index in [1.54, 1.807) is 0 Å². The quantitative estimate of drug-likeness (QED) is 0.839. The van der Waals surface area contributed by atoms with Crippen LogP contribution >= 0.6 is 23.2 Å². The number of likely N-dealkylation sites (N-methyl/N-ethyl adjacent to an activating group) is 1. The maximum absolute atomic E-state index is 13.4. The molecule has 0 bridgehead atoms. The number of rotatable bonds is 4.